The summed E-state index contributed by atoms with van der Waals surface area (Å²) in [7, 11) is -16.5. The van der Waals surface area contributed by atoms with Crippen molar-refractivity contribution in [1.82, 2.24) is 30.2 Å². The molecule has 1 saturated heterocycles. The number of aliphatic hydroxyl groups excluding tert-OH is 2. The molecular weight excluding hydrogens is 1030 g/mol. The van der Waals surface area contributed by atoms with Gasteiger partial charge >= 0.3 is 23.5 Å². The van der Waals surface area contributed by atoms with E-state index in [1.807, 2.05) is 0 Å². The Morgan fingerprint density at radius 2 is 1.39 bits per heavy atom. The van der Waals surface area contributed by atoms with Crippen LogP contribution in [0.25, 0.3) is 11.2 Å². The van der Waals surface area contributed by atoms with Crippen LogP contribution in [0.2, 0.25) is 0 Å². The van der Waals surface area contributed by atoms with Crippen molar-refractivity contribution in [3.63, 3.8) is 0 Å². The zero-order valence-corrected chi connectivity index (χ0v) is 44.9. The number of Topliss-reactive ketones (excluding diaryl/α,β-unsaturated/α-hetero) is 1. The highest BCUT2D eigenvalue weighted by Crippen LogP contribution is 2.61. The summed E-state index contributed by atoms with van der Waals surface area (Å²) >= 11 is 0.943. The molecule has 1 aliphatic rings. The minimum atomic E-state index is -5.59. The number of anilines is 1. The third kappa shape index (κ3) is 24.3. The molecule has 0 radical (unpaired) electrons. The Morgan fingerprint density at radius 1 is 0.819 bits per heavy atom. The zero-order chi connectivity index (χ0) is 53.4. The van der Waals surface area contributed by atoms with E-state index in [0.717, 1.165) is 54.7 Å². The van der Waals surface area contributed by atoms with Crippen LogP contribution in [0.4, 0.5) is 5.82 Å². The minimum Gasteiger partial charge on any atom is -0.386 e. The lowest BCUT2D eigenvalue weighted by Crippen LogP contribution is -2.46. The van der Waals surface area contributed by atoms with Gasteiger partial charge in [-0.25, -0.2) is 28.6 Å². The standard InChI is InChI=1S/C43H76N7O18P3S/c1-4-5-6-7-8-9-10-11-12-13-14-15-16-17-18-19-20-21-31(51)26-34(53)72-25-24-45-33(52)22-23-46-41(56)38(55)43(2,3)28-65-71(62,63)68-70(60,61)64-27-32-37(67-69(57,58)59)36(54)42(66-32)50-30-49-35-39(44)47-29-48-40(35)50/h29-30,32,36-38,42,54-55H,4-28H2,1-3H3,(H,45,52)(H,46,56)(H,60,61)(H,62,63)(H2,44,47,48)(H2,57,58,59). The van der Waals surface area contributed by atoms with Crippen molar-refractivity contribution < 1.29 is 85.3 Å². The van der Waals surface area contributed by atoms with E-state index in [2.05, 4.69) is 41.3 Å². The molecule has 0 spiro atoms. The van der Waals surface area contributed by atoms with E-state index >= 15 is 0 Å². The summed E-state index contributed by atoms with van der Waals surface area (Å²) in [6.45, 7) is 2.60. The van der Waals surface area contributed by atoms with Gasteiger partial charge in [0.2, 0.25) is 11.8 Å². The number of hydrogen-bond acceptors (Lipinski definition) is 19. The van der Waals surface area contributed by atoms with E-state index in [1.165, 1.54) is 97.3 Å². The van der Waals surface area contributed by atoms with Crippen LogP contribution >= 0.6 is 35.2 Å². The molecule has 3 heterocycles. The number of rotatable bonds is 39. The number of fused-ring (bicyclic) bond motifs is 1. The Hall–Kier alpha value is -2.77. The number of imidazole rings is 1. The highest BCUT2D eigenvalue weighted by atomic mass is 32.2. The number of nitrogens with zero attached hydrogens (tertiary/aromatic N) is 4. The summed E-state index contributed by atoms with van der Waals surface area (Å²) in [6, 6.07) is 0. The highest BCUT2D eigenvalue weighted by Gasteiger charge is 2.50. The first kappa shape index (κ1) is 63.5. The van der Waals surface area contributed by atoms with Crippen molar-refractivity contribution in [3.8, 4) is 0 Å². The second-order valence-corrected chi connectivity index (χ2v) is 23.8. The van der Waals surface area contributed by atoms with Gasteiger partial charge in [0.15, 0.2) is 22.8 Å². The number of thioether (sulfide) groups is 1. The smallest absolute Gasteiger partial charge is 0.386 e. The van der Waals surface area contributed by atoms with Gasteiger partial charge in [-0.15, -0.1) is 0 Å². The van der Waals surface area contributed by atoms with Gasteiger partial charge in [0, 0.05) is 37.1 Å². The Bertz CT molecular complexity index is 2150. The fraction of sp³-hybridized carbons (Fsp3) is 0.791. The first-order valence-electron chi connectivity index (χ1n) is 24.5. The molecule has 72 heavy (non-hydrogen) atoms. The maximum absolute atomic E-state index is 12.8. The van der Waals surface area contributed by atoms with Crippen LogP contribution in [-0.4, -0.2) is 128 Å². The van der Waals surface area contributed by atoms with Crippen molar-refractivity contribution in [1.29, 1.82) is 0 Å². The van der Waals surface area contributed by atoms with Crippen molar-refractivity contribution in [2.24, 2.45) is 5.41 Å². The second kappa shape index (κ2) is 32.0. The van der Waals surface area contributed by atoms with E-state index in [4.69, 9.17) is 19.5 Å². The van der Waals surface area contributed by atoms with Crippen LogP contribution in [0.5, 0.6) is 0 Å². The van der Waals surface area contributed by atoms with Crippen LogP contribution in [0.15, 0.2) is 12.7 Å². The first-order chi connectivity index (χ1) is 33.9. The summed E-state index contributed by atoms with van der Waals surface area (Å²) in [5.74, 6) is -1.38. The number of nitrogens with two attached hydrogens (primary N) is 1. The fourth-order valence-electron chi connectivity index (χ4n) is 7.64. The predicted octanol–water partition coefficient (Wildman–Crippen LogP) is 5.67. The van der Waals surface area contributed by atoms with E-state index in [1.54, 1.807) is 0 Å². The lowest BCUT2D eigenvalue weighted by Gasteiger charge is -2.30. The number of hydrogen-bond donors (Lipinski definition) is 9. The molecule has 412 valence electrons. The van der Waals surface area contributed by atoms with Crippen LogP contribution in [0.1, 0.15) is 155 Å². The van der Waals surface area contributed by atoms with Gasteiger partial charge in [0.1, 0.15) is 42.0 Å². The first-order valence-corrected chi connectivity index (χ1v) is 30.0. The second-order valence-electron chi connectivity index (χ2n) is 18.4. The van der Waals surface area contributed by atoms with Crippen LogP contribution in [-0.2, 0) is 55.5 Å². The summed E-state index contributed by atoms with van der Waals surface area (Å²) in [6.07, 6.45) is 14.4. The molecule has 29 heteroatoms. The summed E-state index contributed by atoms with van der Waals surface area (Å²) in [5.41, 5.74) is 4.25. The van der Waals surface area contributed by atoms with Gasteiger partial charge in [-0.3, -0.25) is 37.3 Å². The molecule has 25 nitrogen and oxygen atoms in total. The molecule has 3 rings (SSSR count). The number of nitrogens with one attached hydrogen (secondary N) is 2. The molecule has 0 aromatic carbocycles. The number of aromatic nitrogens is 4. The monoisotopic (exact) mass is 1100 g/mol. The van der Waals surface area contributed by atoms with Gasteiger partial charge < -0.3 is 50.9 Å². The van der Waals surface area contributed by atoms with Crippen molar-refractivity contribution >= 4 is 74.9 Å². The molecule has 7 unspecified atom stereocenters. The average molecular weight is 1100 g/mol. The number of carbonyl (C=O) groups excluding carboxylic acids is 4. The van der Waals surface area contributed by atoms with E-state index in [9.17, 15) is 62.7 Å². The topological polar surface area (TPSA) is 381 Å². The predicted molar refractivity (Wildman–Crippen MR) is 266 cm³/mol. The van der Waals surface area contributed by atoms with Gasteiger partial charge in [-0.05, 0) is 6.42 Å². The number of amides is 2. The van der Waals surface area contributed by atoms with Crippen molar-refractivity contribution in [3.05, 3.63) is 12.7 Å². The van der Waals surface area contributed by atoms with Crippen molar-refractivity contribution in [2.45, 2.75) is 180 Å². The number of ether oxygens (including phenoxy) is 1. The number of aliphatic hydroxyl groups is 2. The van der Waals surface area contributed by atoms with Gasteiger partial charge in [-0.1, -0.05) is 135 Å². The molecule has 0 saturated carbocycles. The largest absolute Gasteiger partial charge is 0.481 e. The summed E-state index contributed by atoms with van der Waals surface area (Å²) in [5, 5.41) is 26.3. The maximum atomic E-state index is 12.8. The SMILES string of the molecule is CCCCCCCCCCCCCCCCCCCC(=O)CC(=O)SCCNC(=O)CCNC(=O)C(O)C(C)(C)COP(=O)(O)OP(=O)(O)OCC1OC(n2cnc3c(N)ncnc32)C(O)C1OP(=O)(O)O. The average Bonchev–Trinajstić information content (AvgIpc) is 3.86. The molecule has 1 fully saturated rings. The number of unbranched alkanes of at least 4 members (excludes halogenated alkanes) is 16. The van der Waals surface area contributed by atoms with Gasteiger partial charge in [0.05, 0.1) is 26.0 Å². The lowest BCUT2D eigenvalue weighted by molar-refractivity contribution is -0.137. The Kier molecular flexibility index (Phi) is 28.2. The van der Waals surface area contributed by atoms with Crippen LogP contribution < -0.4 is 16.4 Å². The molecule has 1 aliphatic heterocycles. The normalized spacial score (nSPS) is 19.5. The zero-order valence-electron chi connectivity index (χ0n) is 41.4. The Labute approximate surface area is 424 Å². The maximum Gasteiger partial charge on any atom is 0.481 e. The number of carbonyl (C=O) groups is 4. The highest BCUT2D eigenvalue weighted by molar-refractivity contribution is 8.13. The third-order valence-electron chi connectivity index (χ3n) is 11.7. The number of ketones is 1. The molecule has 2 aromatic heterocycles. The van der Waals surface area contributed by atoms with Gasteiger partial charge in [-0.2, -0.15) is 4.31 Å². The van der Waals surface area contributed by atoms with E-state index < -0.39 is 84.6 Å². The minimum absolute atomic E-state index is 0.0268. The molecular formula is C43H76N7O18P3S. The molecule has 0 aliphatic carbocycles. The van der Waals surface area contributed by atoms with Gasteiger partial charge in [0.25, 0.3) is 0 Å². The molecule has 0 bridgehead atoms. The molecule has 2 aromatic rings. The van der Waals surface area contributed by atoms with Crippen molar-refractivity contribution in [2.75, 3.05) is 37.8 Å². The fourth-order valence-corrected chi connectivity index (χ4v) is 11.2. The number of phosphoric ester groups is 3. The lowest BCUT2D eigenvalue weighted by atomic mass is 9.87. The van der Waals surface area contributed by atoms with E-state index in [-0.39, 0.29) is 59.6 Å². The summed E-state index contributed by atoms with van der Waals surface area (Å²) < 4.78 is 62.5. The number of phosphoric acid groups is 3. The third-order valence-corrected chi connectivity index (χ3v) is 15.6. The summed E-state index contributed by atoms with van der Waals surface area (Å²) in [4.78, 5) is 101. The number of nitrogen functional groups attached to an aromatic ring is 1. The molecule has 10 N–H and O–H groups in total. The quantitative estimate of drug-likeness (QED) is 0.0221. The Morgan fingerprint density at radius 3 is 1.97 bits per heavy atom. The van der Waals surface area contributed by atoms with E-state index in [0.29, 0.717) is 6.42 Å². The molecule has 7 atom stereocenters. The van der Waals surface area contributed by atoms with Crippen LogP contribution in [0, 0.1) is 5.41 Å². The van der Waals surface area contributed by atoms with Crippen LogP contribution in [0.3, 0.4) is 0 Å². The molecule has 2 amide bonds. The Balaban J connectivity index is 1.26.